The summed E-state index contributed by atoms with van der Waals surface area (Å²) in [5.41, 5.74) is -2.18. The van der Waals surface area contributed by atoms with Gasteiger partial charge in [-0.15, -0.1) is 0 Å². The molecular formula is C36H61BrN2O11. The van der Waals surface area contributed by atoms with Crippen molar-refractivity contribution < 1.29 is 52.6 Å². The van der Waals surface area contributed by atoms with Crippen molar-refractivity contribution in [2.75, 3.05) is 65.8 Å². The third-order valence-electron chi connectivity index (χ3n) is 8.13. The monoisotopic (exact) mass is 776 g/mol. The van der Waals surface area contributed by atoms with Crippen molar-refractivity contribution in [3.63, 3.8) is 0 Å². The van der Waals surface area contributed by atoms with E-state index in [0.29, 0.717) is 39.4 Å². The van der Waals surface area contributed by atoms with Crippen LogP contribution in [-0.4, -0.2) is 111 Å². The van der Waals surface area contributed by atoms with E-state index in [2.05, 4.69) is 26.6 Å². The number of nitrogens with one attached hydrogen (secondary N) is 2. The molecule has 0 amide bonds. The van der Waals surface area contributed by atoms with E-state index in [1.165, 1.54) is 6.92 Å². The number of esters is 3. The van der Waals surface area contributed by atoms with Crippen LogP contribution in [0.2, 0.25) is 0 Å². The van der Waals surface area contributed by atoms with Crippen LogP contribution in [0.15, 0.2) is 30.3 Å². The molecule has 5 atom stereocenters. The van der Waals surface area contributed by atoms with E-state index in [1.54, 1.807) is 20.8 Å². The summed E-state index contributed by atoms with van der Waals surface area (Å²) in [5.74, 6) is -4.63. The van der Waals surface area contributed by atoms with Gasteiger partial charge >= 0.3 is 17.9 Å². The first kappa shape index (κ1) is 45.9. The van der Waals surface area contributed by atoms with Gasteiger partial charge < -0.3 is 48.9 Å². The van der Waals surface area contributed by atoms with Crippen LogP contribution < -0.4 is 10.6 Å². The van der Waals surface area contributed by atoms with E-state index in [9.17, 15) is 19.5 Å². The molecule has 3 N–H and O–H groups in total. The second-order valence-corrected chi connectivity index (χ2v) is 13.5. The molecule has 1 aromatic rings. The van der Waals surface area contributed by atoms with E-state index in [0.717, 1.165) is 18.4 Å². The van der Waals surface area contributed by atoms with E-state index < -0.39 is 41.3 Å². The Labute approximate surface area is 306 Å². The maximum Gasteiger partial charge on any atom is 0.366 e. The van der Waals surface area contributed by atoms with Gasteiger partial charge in [0.25, 0.3) is 5.79 Å². The molecule has 14 heteroatoms. The first-order valence-corrected chi connectivity index (χ1v) is 18.5. The highest BCUT2D eigenvalue weighted by Gasteiger charge is 2.45. The normalized spacial score (nSPS) is 16.3. The number of ether oxygens (including phenoxy) is 7. The van der Waals surface area contributed by atoms with Crippen molar-refractivity contribution in [3.05, 3.63) is 35.9 Å². The number of halogens is 1. The average Bonchev–Trinajstić information content (AvgIpc) is 3.13. The van der Waals surface area contributed by atoms with Gasteiger partial charge in [-0.3, -0.25) is 4.79 Å². The number of carbonyl (C=O) groups excluding carboxylic acids is 3. The fourth-order valence-corrected chi connectivity index (χ4v) is 4.23. The van der Waals surface area contributed by atoms with Crippen LogP contribution in [0.3, 0.4) is 0 Å². The van der Waals surface area contributed by atoms with E-state index in [4.69, 9.17) is 33.2 Å². The molecule has 0 aliphatic rings. The molecule has 288 valence electrons. The Kier molecular flexibility index (Phi) is 22.8. The van der Waals surface area contributed by atoms with Gasteiger partial charge in [-0.1, -0.05) is 74.0 Å². The molecule has 0 aliphatic heterocycles. The third-order valence-corrected chi connectivity index (χ3v) is 9.04. The molecule has 1 aromatic carbocycles. The first-order valence-electron chi connectivity index (χ1n) is 17.6. The maximum atomic E-state index is 13.6. The Morgan fingerprint density at radius 3 is 1.86 bits per heavy atom. The minimum absolute atomic E-state index is 0.00132. The lowest BCUT2D eigenvalue weighted by molar-refractivity contribution is -0.243. The van der Waals surface area contributed by atoms with Gasteiger partial charge in [0.1, 0.15) is 30.2 Å². The molecule has 0 heterocycles. The highest BCUT2D eigenvalue weighted by molar-refractivity contribution is 9.09. The Bertz CT molecular complexity index is 1050. The number of aliphatic hydroxyl groups is 1. The molecule has 50 heavy (non-hydrogen) atoms. The molecular weight excluding hydrogens is 716 g/mol. The summed E-state index contributed by atoms with van der Waals surface area (Å²) < 4.78 is 39.4. The number of rotatable bonds is 29. The van der Waals surface area contributed by atoms with Crippen molar-refractivity contribution in [2.24, 2.45) is 5.41 Å². The minimum Gasteiger partial charge on any atom is -0.462 e. The molecule has 1 rings (SSSR count). The minimum atomic E-state index is -2.34. The highest BCUT2D eigenvalue weighted by atomic mass is 79.9. The standard InChI is InChI=1S/C36H61BrN2O11/c1-8-28(5)44-21-17-38-20-24-47-33(42)36(43,11-4)50-27-34(6,31(40)48-25-29-15-13-12-14-16-29)26-49-35(7,10-3)32(41)46-23-19-39-18-22-45-30(37)9-2/h12-16,28,30,38-39,43H,8-11,17-27H2,1-7H3. The fourth-order valence-electron chi connectivity index (χ4n) is 4.04. The van der Waals surface area contributed by atoms with Gasteiger partial charge in [0, 0.05) is 32.6 Å². The summed E-state index contributed by atoms with van der Waals surface area (Å²) in [6.45, 7) is 14.7. The smallest absolute Gasteiger partial charge is 0.366 e. The second kappa shape index (κ2) is 24.9. The lowest BCUT2D eigenvalue weighted by atomic mass is 9.92. The Hall–Kier alpha value is -2.17. The topological polar surface area (TPSA) is 160 Å². The zero-order valence-electron chi connectivity index (χ0n) is 31.1. The van der Waals surface area contributed by atoms with Crippen molar-refractivity contribution in [1.82, 2.24) is 10.6 Å². The molecule has 0 spiro atoms. The molecule has 13 nitrogen and oxygen atoms in total. The summed E-state index contributed by atoms with van der Waals surface area (Å²) >= 11 is 3.41. The van der Waals surface area contributed by atoms with Gasteiger partial charge in [-0.25, -0.2) is 9.59 Å². The second-order valence-electron chi connectivity index (χ2n) is 12.5. The number of hydrogen-bond acceptors (Lipinski definition) is 13. The van der Waals surface area contributed by atoms with Gasteiger partial charge in [0.05, 0.1) is 32.5 Å². The summed E-state index contributed by atoms with van der Waals surface area (Å²) in [7, 11) is 0. The summed E-state index contributed by atoms with van der Waals surface area (Å²) in [6.07, 6.45) is 2.03. The molecule has 5 unspecified atom stereocenters. The molecule has 0 aliphatic carbocycles. The van der Waals surface area contributed by atoms with Crippen LogP contribution in [0.1, 0.15) is 79.7 Å². The zero-order chi connectivity index (χ0) is 37.5. The zero-order valence-corrected chi connectivity index (χ0v) is 32.6. The third kappa shape index (κ3) is 17.4. The number of benzene rings is 1. The first-order chi connectivity index (χ1) is 23.8. The Morgan fingerprint density at radius 2 is 1.30 bits per heavy atom. The van der Waals surface area contributed by atoms with Crippen LogP contribution in [0.4, 0.5) is 0 Å². The largest absolute Gasteiger partial charge is 0.462 e. The average molecular weight is 778 g/mol. The molecule has 0 saturated carbocycles. The summed E-state index contributed by atoms with van der Waals surface area (Å²) in [4.78, 5) is 39.6. The van der Waals surface area contributed by atoms with Crippen LogP contribution in [0, 0.1) is 5.41 Å². The van der Waals surface area contributed by atoms with Gasteiger partial charge in [0.15, 0.2) is 5.60 Å². The van der Waals surface area contributed by atoms with Crippen LogP contribution in [0.5, 0.6) is 0 Å². The van der Waals surface area contributed by atoms with Crippen LogP contribution in [-0.2, 0) is 54.1 Å². The Balaban J connectivity index is 2.86. The van der Waals surface area contributed by atoms with Crippen molar-refractivity contribution in [2.45, 2.75) is 103 Å². The molecule has 0 bridgehead atoms. The number of alkyl halides is 1. The lowest BCUT2D eigenvalue weighted by Gasteiger charge is -2.35. The maximum absolute atomic E-state index is 13.6. The van der Waals surface area contributed by atoms with E-state index in [1.807, 2.05) is 51.1 Å². The molecule has 0 aromatic heterocycles. The fraction of sp³-hybridized carbons (Fsp3) is 0.750. The van der Waals surface area contributed by atoms with Gasteiger partial charge in [-0.05, 0) is 45.6 Å². The molecule has 0 saturated heterocycles. The van der Waals surface area contributed by atoms with Crippen LogP contribution in [0.25, 0.3) is 0 Å². The lowest BCUT2D eigenvalue weighted by Crippen LogP contribution is -2.50. The number of hydrogen-bond donors (Lipinski definition) is 3. The number of carbonyl (C=O) groups is 3. The summed E-state index contributed by atoms with van der Waals surface area (Å²) in [5, 5.41) is 17.4. The predicted octanol–water partition coefficient (Wildman–Crippen LogP) is 4.26. The van der Waals surface area contributed by atoms with E-state index >= 15 is 0 Å². The molecule has 0 radical (unpaired) electrons. The van der Waals surface area contributed by atoms with Crippen molar-refractivity contribution >= 4 is 33.8 Å². The molecule has 0 fully saturated rings. The van der Waals surface area contributed by atoms with Gasteiger partial charge in [-0.2, -0.15) is 0 Å². The Morgan fingerprint density at radius 1 is 0.740 bits per heavy atom. The van der Waals surface area contributed by atoms with E-state index in [-0.39, 0.29) is 50.4 Å². The van der Waals surface area contributed by atoms with Crippen LogP contribution >= 0.6 is 15.9 Å². The highest BCUT2D eigenvalue weighted by Crippen LogP contribution is 2.29. The predicted molar refractivity (Wildman–Crippen MR) is 193 cm³/mol. The quantitative estimate of drug-likeness (QED) is 0.0349. The van der Waals surface area contributed by atoms with Crippen molar-refractivity contribution in [1.29, 1.82) is 0 Å². The SMILES string of the molecule is CCC(C)OCCNCCOC(=O)C(O)(CC)OCC(C)(COC(C)(CC)C(=O)OCCNCCOC(Br)CC)C(=O)OCc1ccccc1. The van der Waals surface area contributed by atoms with Crippen molar-refractivity contribution in [3.8, 4) is 0 Å². The van der Waals surface area contributed by atoms with Gasteiger partial charge in [0.2, 0.25) is 0 Å². The summed E-state index contributed by atoms with van der Waals surface area (Å²) in [6, 6.07) is 9.12.